The molecule has 0 atom stereocenters. The first-order chi connectivity index (χ1) is 7.95. The van der Waals surface area contributed by atoms with E-state index in [0.717, 1.165) is 24.1 Å². The van der Waals surface area contributed by atoms with Gasteiger partial charge in [0.15, 0.2) is 0 Å². The summed E-state index contributed by atoms with van der Waals surface area (Å²) in [4.78, 5) is 11.4. The van der Waals surface area contributed by atoms with Gasteiger partial charge in [0.25, 0.3) is 0 Å². The number of nitrogen functional groups attached to an aromatic ring is 1. The Morgan fingerprint density at radius 3 is 2.88 bits per heavy atom. The Balaban J connectivity index is 2.25. The predicted molar refractivity (Wildman–Crippen MR) is 64.6 cm³/mol. The van der Waals surface area contributed by atoms with E-state index in [9.17, 15) is 4.79 Å². The normalized spacial score (nSPS) is 16.9. The predicted octanol–water partition coefficient (Wildman–Crippen LogP) is 1.25. The van der Waals surface area contributed by atoms with Gasteiger partial charge in [-0.05, 0) is 25.2 Å². The van der Waals surface area contributed by atoms with Crippen molar-refractivity contribution in [3.05, 3.63) is 11.3 Å². The molecule has 0 fully saturated rings. The first-order valence-corrected chi connectivity index (χ1v) is 5.97. The topological polar surface area (TPSA) is 70.1 Å². The van der Waals surface area contributed by atoms with E-state index in [4.69, 9.17) is 10.5 Å². The van der Waals surface area contributed by atoms with Crippen LogP contribution in [0.15, 0.2) is 0 Å². The minimum absolute atomic E-state index is 0.0618. The first-order valence-electron chi connectivity index (χ1n) is 5.97. The number of anilines is 1. The number of hydrogen-bond acceptors (Lipinski definition) is 4. The van der Waals surface area contributed by atoms with Crippen LogP contribution in [0.25, 0.3) is 0 Å². The van der Waals surface area contributed by atoms with Gasteiger partial charge in [0, 0.05) is 5.56 Å². The molecular formula is C12H19N3O2. The number of nitrogens with two attached hydrogens (primary N) is 1. The van der Waals surface area contributed by atoms with E-state index < -0.39 is 0 Å². The van der Waals surface area contributed by atoms with Crippen molar-refractivity contribution in [1.82, 2.24) is 9.78 Å². The second kappa shape index (κ2) is 4.05. The van der Waals surface area contributed by atoms with Crippen LogP contribution in [0.1, 0.15) is 38.4 Å². The summed E-state index contributed by atoms with van der Waals surface area (Å²) in [5.74, 6) is 0.314. The molecule has 5 nitrogen and oxygen atoms in total. The summed E-state index contributed by atoms with van der Waals surface area (Å²) in [5.41, 5.74) is 8.25. The number of nitrogens with zero attached hydrogens (tertiary/aromatic N) is 2. The van der Waals surface area contributed by atoms with E-state index in [-0.39, 0.29) is 17.9 Å². The monoisotopic (exact) mass is 237 g/mol. The fourth-order valence-corrected chi connectivity index (χ4v) is 2.44. The van der Waals surface area contributed by atoms with Gasteiger partial charge in [-0.1, -0.05) is 13.8 Å². The highest BCUT2D eigenvalue weighted by molar-refractivity contribution is 5.70. The number of carbonyl (C=O) groups excluding carboxylic acids is 1. The Morgan fingerprint density at radius 2 is 2.29 bits per heavy atom. The molecule has 0 saturated carbocycles. The molecule has 0 spiro atoms. The Bertz CT molecular complexity index is 449. The van der Waals surface area contributed by atoms with E-state index in [0.29, 0.717) is 12.4 Å². The van der Waals surface area contributed by atoms with Crippen LogP contribution in [-0.2, 0) is 27.9 Å². The molecule has 5 heteroatoms. The summed E-state index contributed by atoms with van der Waals surface area (Å²) in [7, 11) is 0. The van der Waals surface area contributed by atoms with Crippen LogP contribution in [0.4, 0.5) is 5.82 Å². The molecule has 0 bridgehead atoms. The quantitative estimate of drug-likeness (QED) is 0.803. The van der Waals surface area contributed by atoms with Crippen molar-refractivity contribution < 1.29 is 9.53 Å². The van der Waals surface area contributed by atoms with Gasteiger partial charge < -0.3 is 10.5 Å². The van der Waals surface area contributed by atoms with Gasteiger partial charge in [-0.3, -0.25) is 4.79 Å². The lowest BCUT2D eigenvalue weighted by atomic mass is 9.87. The fourth-order valence-electron chi connectivity index (χ4n) is 2.44. The van der Waals surface area contributed by atoms with Crippen LogP contribution in [0.3, 0.4) is 0 Å². The molecule has 1 aliphatic carbocycles. The molecule has 2 N–H and O–H groups in total. The van der Waals surface area contributed by atoms with Gasteiger partial charge in [-0.25, -0.2) is 4.68 Å². The largest absolute Gasteiger partial charge is 0.465 e. The Labute approximate surface area is 101 Å². The van der Waals surface area contributed by atoms with Crippen molar-refractivity contribution in [2.24, 2.45) is 0 Å². The number of esters is 1. The van der Waals surface area contributed by atoms with Crippen molar-refractivity contribution >= 4 is 11.8 Å². The third-order valence-corrected chi connectivity index (χ3v) is 3.31. The van der Waals surface area contributed by atoms with E-state index >= 15 is 0 Å². The second-order valence-corrected chi connectivity index (χ2v) is 5.05. The number of aryl methyl sites for hydroxylation is 1. The van der Waals surface area contributed by atoms with Crippen LogP contribution < -0.4 is 5.73 Å². The molecule has 0 radical (unpaired) electrons. The molecule has 0 aliphatic heterocycles. The molecule has 2 rings (SSSR count). The summed E-state index contributed by atoms with van der Waals surface area (Å²) in [6, 6.07) is 0. The Hall–Kier alpha value is -1.52. The summed E-state index contributed by atoms with van der Waals surface area (Å²) >= 11 is 0. The Kier molecular flexibility index (Phi) is 2.85. The van der Waals surface area contributed by atoms with Crippen LogP contribution in [0, 0.1) is 0 Å². The number of hydrogen-bond donors (Lipinski definition) is 1. The maximum Gasteiger partial charge on any atom is 0.327 e. The number of carbonyl (C=O) groups is 1. The van der Waals surface area contributed by atoms with E-state index in [1.54, 1.807) is 11.6 Å². The highest BCUT2D eigenvalue weighted by atomic mass is 16.5. The standard InChI is InChI=1S/C12H19N3O2/c1-4-17-9(16)7-15-11(13)10-8(14-15)5-6-12(10,2)3/h4-7,13H2,1-3H3. The minimum atomic E-state index is -0.293. The highest BCUT2D eigenvalue weighted by Gasteiger charge is 2.35. The summed E-state index contributed by atoms with van der Waals surface area (Å²) < 4.78 is 6.46. The average Bonchev–Trinajstić information content (AvgIpc) is 2.68. The minimum Gasteiger partial charge on any atom is -0.465 e. The van der Waals surface area contributed by atoms with Gasteiger partial charge in [0.05, 0.1) is 12.3 Å². The zero-order chi connectivity index (χ0) is 12.6. The fraction of sp³-hybridized carbons (Fsp3) is 0.667. The number of ether oxygens (including phenoxy) is 1. The first kappa shape index (κ1) is 12.0. The van der Waals surface area contributed by atoms with Gasteiger partial charge in [0.1, 0.15) is 12.4 Å². The highest BCUT2D eigenvalue weighted by Crippen LogP contribution is 2.41. The zero-order valence-corrected chi connectivity index (χ0v) is 10.6. The van der Waals surface area contributed by atoms with Gasteiger partial charge in [-0.15, -0.1) is 0 Å². The third-order valence-electron chi connectivity index (χ3n) is 3.31. The molecule has 0 aromatic carbocycles. The lowest BCUT2D eigenvalue weighted by molar-refractivity contribution is -0.144. The lowest BCUT2D eigenvalue weighted by Gasteiger charge is -2.18. The molecule has 17 heavy (non-hydrogen) atoms. The van der Waals surface area contributed by atoms with Crippen LogP contribution in [0.5, 0.6) is 0 Å². The third kappa shape index (κ3) is 2.01. The van der Waals surface area contributed by atoms with Crippen molar-refractivity contribution in [3.8, 4) is 0 Å². The smallest absolute Gasteiger partial charge is 0.327 e. The molecule has 0 unspecified atom stereocenters. The van der Waals surface area contributed by atoms with Crippen molar-refractivity contribution in [2.45, 2.75) is 45.6 Å². The number of aromatic nitrogens is 2. The summed E-state index contributed by atoms with van der Waals surface area (Å²) in [6.45, 7) is 6.58. The van der Waals surface area contributed by atoms with Gasteiger partial charge in [-0.2, -0.15) is 5.10 Å². The van der Waals surface area contributed by atoms with Crippen LogP contribution >= 0.6 is 0 Å². The van der Waals surface area contributed by atoms with Crippen molar-refractivity contribution in [1.29, 1.82) is 0 Å². The summed E-state index contributed by atoms with van der Waals surface area (Å²) in [5, 5.41) is 4.40. The van der Waals surface area contributed by atoms with Crippen LogP contribution in [0.2, 0.25) is 0 Å². The molecular weight excluding hydrogens is 218 g/mol. The van der Waals surface area contributed by atoms with Gasteiger partial charge in [0.2, 0.25) is 0 Å². The maximum atomic E-state index is 11.4. The Morgan fingerprint density at radius 1 is 1.59 bits per heavy atom. The molecule has 1 aliphatic rings. The summed E-state index contributed by atoms with van der Waals surface area (Å²) in [6.07, 6.45) is 2.00. The molecule has 0 amide bonds. The SMILES string of the molecule is CCOC(=O)Cn1nc2c(c1N)C(C)(C)CC2. The second-order valence-electron chi connectivity index (χ2n) is 5.05. The zero-order valence-electron chi connectivity index (χ0n) is 10.6. The molecule has 0 saturated heterocycles. The van der Waals surface area contributed by atoms with E-state index in [1.807, 2.05) is 0 Å². The van der Waals surface area contributed by atoms with Crippen molar-refractivity contribution in [2.75, 3.05) is 12.3 Å². The van der Waals surface area contributed by atoms with E-state index in [1.165, 1.54) is 0 Å². The molecule has 1 heterocycles. The number of fused-ring (bicyclic) bond motifs is 1. The lowest BCUT2D eigenvalue weighted by Crippen LogP contribution is -2.19. The van der Waals surface area contributed by atoms with E-state index in [2.05, 4.69) is 18.9 Å². The van der Waals surface area contributed by atoms with Crippen molar-refractivity contribution in [3.63, 3.8) is 0 Å². The molecule has 1 aromatic rings. The van der Waals surface area contributed by atoms with Crippen LogP contribution in [-0.4, -0.2) is 22.4 Å². The van der Waals surface area contributed by atoms with Gasteiger partial charge >= 0.3 is 5.97 Å². The molecule has 1 aromatic heterocycles. The number of rotatable bonds is 3. The maximum absolute atomic E-state index is 11.4. The molecule has 94 valence electrons. The average molecular weight is 237 g/mol.